The molecule has 0 saturated heterocycles. The fourth-order valence-corrected chi connectivity index (χ4v) is 2.87. The highest BCUT2D eigenvalue weighted by molar-refractivity contribution is 5.98. The minimum Gasteiger partial charge on any atom is -0.443 e. The number of benzene rings is 1. The molecular formula is C21H20FN7O3. The quantitative estimate of drug-likeness (QED) is 0.495. The van der Waals surface area contributed by atoms with Crippen LogP contribution in [0.3, 0.4) is 0 Å². The molecule has 0 radical (unpaired) electrons. The van der Waals surface area contributed by atoms with Crippen molar-refractivity contribution in [2.24, 2.45) is 5.73 Å². The van der Waals surface area contributed by atoms with Crippen molar-refractivity contribution in [1.82, 2.24) is 24.7 Å². The summed E-state index contributed by atoms with van der Waals surface area (Å²) in [4.78, 5) is 25.5. The molecule has 0 bridgehead atoms. The summed E-state index contributed by atoms with van der Waals surface area (Å²) in [6.07, 6.45) is 7.43. The Kier molecular flexibility index (Phi) is 5.31. The third kappa shape index (κ3) is 4.26. The predicted octanol–water partition coefficient (Wildman–Crippen LogP) is 4.23. The highest BCUT2D eigenvalue weighted by Crippen LogP contribution is 2.33. The Balaban J connectivity index is 1.67. The molecule has 0 unspecified atom stereocenters. The van der Waals surface area contributed by atoms with Gasteiger partial charge in [0, 0.05) is 18.5 Å². The average molecular weight is 437 g/mol. The number of carbonyl (C=O) groups is 1. The number of hydrogen-bond donors (Lipinski definition) is 1. The van der Waals surface area contributed by atoms with Crippen molar-refractivity contribution in [3.63, 3.8) is 0 Å². The van der Waals surface area contributed by atoms with E-state index in [4.69, 9.17) is 14.9 Å². The Morgan fingerprint density at radius 1 is 1.22 bits per heavy atom. The molecule has 11 heteroatoms. The van der Waals surface area contributed by atoms with Crippen molar-refractivity contribution in [3.8, 4) is 23.3 Å². The number of primary amides is 1. The maximum Gasteiger partial charge on any atom is 0.324 e. The number of urea groups is 1. The summed E-state index contributed by atoms with van der Waals surface area (Å²) in [7, 11) is 0. The lowest BCUT2D eigenvalue weighted by atomic mass is 10.1. The van der Waals surface area contributed by atoms with Gasteiger partial charge in [0.2, 0.25) is 5.89 Å². The second kappa shape index (κ2) is 8.10. The van der Waals surface area contributed by atoms with E-state index in [1.165, 1.54) is 37.0 Å². The van der Waals surface area contributed by atoms with Crippen molar-refractivity contribution in [2.75, 3.05) is 4.90 Å². The summed E-state index contributed by atoms with van der Waals surface area (Å²) in [6.45, 7) is 5.83. The predicted molar refractivity (Wildman–Crippen MR) is 113 cm³/mol. The van der Waals surface area contributed by atoms with Crippen LogP contribution in [0.15, 0.2) is 59.7 Å². The lowest BCUT2D eigenvalue weighted by molar-refractivity contribution is 0.256. The Morgan fingerprint density at radius 3 is 2.69 bits per heavy atom. The Bertz CT molecular complexity index is 1250. The molecule has 4 rings (SSSR count). The number of amides is 2. The molecule has 164 valence electrons. The van der Waals surface area contributed by atoms with Gasteiger partial charge < -0.3 is 14.9 Å². The minimum atomic E-state index is -0.878. The third-order valence-corrected chi connectivity index (χ3v) is 4.39. The largest absolute Gasteiger partial charge is 0.443 e. The van der Waals surface area contributed by atoms with Gasteiger partial charge >= 0.3 is 12.0 Å². The topological polar surface area (TPSA) is 125 Å². The molecule has 0 aliphatic carbocycles. The van der Waals surface area contributed by atoms with Crippen LogP contribution in [0.5, 0.6) is 11.8 Å². The summed E-state index contributed by atoms with van der Waals surface area (Å²) < 4.78 is 27.3. The van der Waals surface area contributed by atoms with Gasteiger partial charge in [-0.15, -0.1) is 0 Å². The van der Waals surface area contributed by atoms with Crippen LogP contribution < -0.4 is 15.4 Å². The zero-order valence-corrected chi connectivity index (χ0v) is 17.6. The fourth-order valence-electron chi connectivity index (χ4n) is 2.87. The summed E-state index contributed by atoms with van der Waals surface area (Å²) in [5.41, 5.74) is 5.85. The van der Waals surface area contributed by atoms with Crippen LogP contribution >= 0.6 is 0 Å². The van der Waals surface area contributed by atoms with Crippen molar-refractivity contribution < 1.29 is 18.3 Å². The van der Waals surface area contributed by atoms with Crippen LogP contribution in [-0.4, -0.2) is 30.8 Å². The monoisotopic (exact) mass is 437 g/mol. The van der Waals surface area contributed by atoms with Gasteiger partial charge in [0.25, 0.3) is 0 Å². The highest BCUT2D eigenvalue weighted by atomic mass is 19.1. The van der Waals surface area contributed by atoms with Crippen molar-refractivity contribution in [1.29, 1.82) is 0 Å². The van der Waals surface area contributed by atoms with Gasteiger partial charge in [0.15, 0.2) is 0 Å². The van der Waals surface area contributed by atoms with Crippen LogP contribution in [0, 0.1) is 5.82 Å². The number of nitrogens with zero attached hydrogens (tertiary/aromatic N) is 6. The first-order chi connectivity index (χ1) is 15.2. The number of oxazole rings is 1. The van der Waals surface area contributed by atoms with Gasteiger partial charge in [0.05, 0.1) is 29.3 Å². The number of aromatic nitrogens is 5. The summed E-state index contributed by atoms with van der Waals surface area (Å²) in [6, 6.07) is 4.59. The first kappa shape index (κ1) is 21.0. The molecule has 0 spiro atoms. The van der Waals surface area contributed by atoms with Crippen LogP contribution in [-0.2, 0) is 5.54 Å². The zero-order valence-electron chi connectivity index (χ0n) is 17.6. The van der Waals surface area contributed by atoms with Gasteiger partial charge in [-0.05, 0) is 39.0 Å². The first-order valence-corrected chi connectivity index (χ1v) is 9.57. The van der Waals surface area contributed by atoms with E-state index >= 15 is 0 Å². The Labute approximate surface area is 182 Å². The number of anilines is 2. The molecule has 3 heterocycles. The van der Waals surface area contributed by atoms with Gasteiger partial charge in [0.1, 0.15) is 23.5 Å². The number of carbonyl (C=O) groups excluding carboxylic acids is 1. The Hall–Kier alpha value is -4.28. The molecule has 4 aromatic rings. The molecule has 32 heavy (non-hydrogen) atoms. The van der Waals surface area contributed by atoms with E-state index in [1.807, 2.05) is 20.8 Å². The van der Waals surface area contributed by atoms with Crippen molar-refractivity contribution >= 4 is 17.4 Å². The van der Waals surface area contributed by atoms with E-state index in [0.717, 1.165) is 11.0 Å². The van der Waals surface area contributed by atoms with E-state index in [9.17, 15) is 9.18 Å². The van der Waals surface area contributed by atoms with Crippen LogP contribution in [0.2, 0.25) is 0 Å². The SMILES string of the molecule is CC(C)(C)n1cc(N(C(N)=O)c2cc(Oc3nccc(-c4ncco4)n3)ccc2F)cn1. The summed E-state index contributed by atoms with van der Waals surface area (Å²) in [5.74, 6) is -0.178. The average Bonchev–Trinajstić information content (AvgIpc) is 3.43. The van der Waals surface area contributed by atoms with Crippen molar-refractivity contribution in [2.45, 2.75) is 26.3 Å². The molecule has 0 aliphatic rings. The number of rotatable bonds is 5. The molecular weight excluding hydrogens is 417 g/mol. The van der Waals surface area contributed by atoms with Crippen LogP contribution in [0.1, 0.15) is 20.8 Å². The molecule has 3 aromatic heterocycles. The molecule has 0 aliphatic heterocycles. The summed E-state index contributed by atoms with van der Waals surface area (Å²) >= 11 is 0. The molecule has 0 saturated carbocycles. The first-order valence-electron chi connectivity index (χ1n) is 9.57. The maximum atomic E-state index is 14.7. The standard InChI is InChI=1S/C21H20FN7O3/c1-21(2,3)28-12-13(11-26-28)29(19(23)30)17-10-14(4-5-15(17)22)32-20-25-7-6-16(27-20)18-24-8-9-31-18/h4-12H,1-3H3,(H2,23,30). The molecule has 0 fully saturated rings. The van der Waals surface area contributed by atoms with Gasteiger partial charge in [-0.3, -0.25) is 9.58 Å². The summed E-state index contributed by atoms with van der Waals surface area (Å²) in [5, 5.41) is 4.25. The normalized spacial score (nSPS) is 11.4. The number of halogens is 1. The highest BCUT2D eigenvalue weighted by Gasteiger charge is 2.24. The van der Waals surface area contributed by atoms with Crippen molar-refractivity contribution in [3.05, 3.63) is 61.1 Å². The molecule has 2 N–H and O–H groups in total. The van der Waals surface area contributed by atoms with Gasteiger partial charge in [-0.1, -0.05) is 0 Å². The lowest BCUT2D eigenvalue weighted by Crippen LogP contribution is -2.32. The number of nitrogens with two attached hydrogens (primary N) is 1. The smallest absolute Gasteiger partial charge is 0.324 e. The third-order valence-electron chi connectivity index (χ3n) is 4.39. The van der Waals surface area contributed by atoms with E-state index < -0.39 is 11.8 Å². The maximum absolute atomic E-state index is 14.7. The second-order valence-corrected chi connectivity index (χ2v) is 7.76. The number of ether oxygens (including phenoxy) is 1. The molecule has 10 nitrogen and oxygen atoms in total. The van der Waals surface area contributed by atoms with E-state index in [0.29, 0.717) is 17.3 Å². The number of hydrogen-bond acceptors (Lipinski definition) is 7. The van der Waals surface area contributed by atoms with Crippen LogP contribution in [0.25, 0.3) is 11.6 Å². The fraction of sp³-hybridized carbons (Fsp3) is 0.190. The van der Waals surface area contributed by atoms with Gasteiger partial charge in [-0.2, -0.15) is 10.1 Å². The molecule has 0 atom stereocenters. The Morgan fingerprint density at radius 2 is 2.03 bits per heavy atom. The second-order valence-electron chi connectivity index (χ2n) is 7.76. The minimum absolute atomic E-state index is 0.00978. The molecule has 2 amide bonds. The lowest BCUT2D eigenvalue weighted by Gasteiger charge is -2.21. The molecule has 1 aromatic carbocycles. The van der Waals surface area contributed by atoms with Gasteiger partial charge in [-0.25, -0.2) is 19.2 Å². The van der Waals surface area contributed by atoms with E-state index in [-0.39, 0.29) is 23.0 Å². The van der Waals surface area contributed by atoms with Crippen LogP contribution in [0.4, 0.5) is 20.6 Å². The zero-order chi connectivity index (χ0) is 22.9. The van der Waals surface area contributed by atoms with E-state index in [1.54, 1.807) is 16.9 Å². The van der Waals surface area contributed by atoms with E-state index in [2.05, 4.69) is 20.1 Å².